The number of rotatable bonds is 7. The smallest absolute Gasteiger partial charge is 0.297 e. The van der Waals surface area contributed by atoms with E-state index in [1.807, 2.05) is 56.3 Å². The van der Waals surface area contributed by atoms with Crippen LogP contribution in [0.15, 0.2) is 56.8 Å². The number of benzene rings is 2. The fraction of sp³-hybridized carbons (Fsp3) is 0.292. The summed E-state index contributed by atoms with van der Waals surface area (Å²) in [5.41, 5.74) is 4.12. The first-order chi connectivity index (χ1) is 15.0. The van der Waals surface area contributed by atoms with Crippen LogP contribution in [-0.4, -0.2) is 21.2 Å². The minimum absolute atomic E-state index is 0.129. The lowest BCUT2D eigenvalue weighted by molar-refractivity contribution is -0.113. The van der Waals surface area contributed by atoms with Crippen LogP contribution in [0, 0.1) is 13.8 Å². The maximum atomic E-state index is 13.2. The van der Waals surface area contributed by atoms with Crippen molar-refractivity contribution in [1.29, 1.82) is 0 Å². The molecule has 0 aliphatic heterocycles. The van der Waals surface area contributed by atoms with Gasteiger partial charge in [-0.25, -0.2) is 4.98 Å². The van der Waals surface area contributed by atoms with E-state index in [1.165, 1.54) is 11.8 Å². The topological polar surface area (TPSA) is 77.1 Å². The van der Waals surface area contributed by atoms with Crippen LogP contribution in [0.4, 0.5) is 5.69 Å². The molecule has 4 aromatic rings. The number of aryl methyl sites for hydroxylation is 2. The molecule has 0 aliphatic carbocycles. The predicted molar refractivity (Wildman–Crippen MR) is 126 cm³/mol. The molecule has 160 valence electrons. The number of thioether (sulfide) groups is 1. The molecule has 0 saturated carbocycles. The van der Waals surface area contributed by atoms with Gasteiger partial charge in [-0.1, -0.05) is 55.4 Å². The highest BCUT2D eigenvalue weighted by molar-refractivity contribution is 7.99. The van der Waals surface area contributed by atoms with Crippen LogP contribution in [0.2, 0.25) is 0 Å². The van der Waals surface area contributed by atoms with Crippen molar-refractivity contribution in [2.45, 2.75) is 45.3 Å². The Balaban J connectivity index is 1.66. The van der Waals surface area contributed by atoms with Crippen molar-refractivity contribution >= 4 is 45.4 Å². The van der Waals surface area contributed by atoms with Crippen molar-refractivity contribution in [3.8, 4) is 0 Å². The van der Waals surface area contributed by atoms with Gasteiger partial charge in [0.05, 0.1) is 5.75 Å². The van der Waals surface area contributed by atoms with Gasteiger partial charge in [-0.15, -0.1) is 0 Å². The maximum Gasteiger partial charge on any atom is 0.297 e. The minimum Gasteiger partial charge on any atom is -0.448 e. The summed E-state index contributed by atoms with van der Waals surface area (Å²) in [6.07, 6.45) is 1.79. The number of carbonyl (C=O) groups excluding carboxylic acids is 1. The highest BCUT2D eigenvalue weighted by Gasteiger charge is 2.18. The number of para-hydroxylation sites is 2. The fourth-order valence-electron chi connectivity index (χ4n) is 3.59. The molecule has 7 heteroatoms. The number of hydrogen-bond donors (Lipinski definition) is 1. The van der Waals surface area contributed by atoms with Crippen molar-refractivity contribution < 1.29 is 9.21 Å². The normalized spacial score (nSPS) is 11.3. The van der Waals surface area contributed by atoms with Gasteiger partial charge in [0.2, 0.25) is 11.5 Å². The zero-order valence-corrected chi connectivity index (χ0v) is 18.7. The molecule has 0 radical (unpaired) electrons. The first-order valence-electron chi connectivity index (χ1n) is 10.4. The maximum absolute atomic E-state index is 13.2. The van der Waals surface area contributed by atoms with Gasteiger partial charge in [-0.05, 0) is 43.5 Å². The minimum atomic E-state index is -0.202. The lowest BCUT2D eigenvalue weighted by Crippen LogP contribution is -2.24. The van der Waals surface area contributed by atoms with Crippen LogP contribution >= 0.6 is 11.8 Å². The number of fused-ring (bicyclic) bond motifs is 3. The summed E-state index contributed by atoms with van der Waals surface area (Å²) in [7, 11) is 0. The van der Waals surface area contributed by atoms with Gasteiger partial charge >= 0.3 is 0 Å². The summed E-state index contributed by atoms with van der Waals surface area (Å²) in [6, 6.07) is 13.4. The van der Waals surface area contributed by atoms with Crippen molar-refractivity contribution in [3.05, 3.63) is 63.9 Å². The summed E-state index contributed by atoms with van der Waals surface area (Å²) in [6.45, 7) is 6.55. The number of hydrogen-bond acceptors (Lipinski definition) is 5. The van der Waals surface area contributed by atoms with Crippen molar-refractivity contribution in [3.63, 3.8) is 0 Å². The van der Waals surface area contributed by atoms with E-state index in [9.17, 15) is 9.59 Å². The second kappa shape index (κ2) is 8.98. The van der Waals surface area contributed by atoms with E-state index in [-0.39, 0.29) is 22.8 Å². The molecule has 6 nitrogen and oxygen atoms in total. The fourth-order valence-corrected chi connectivity index (χ4v) is 4.41. The molecule has 2 heterocycles. The van der Waals surface area contributed by atoms with Crippen molar-refractivity contribution in [2.75, 3.05) is 11.1 Å². The molecule has 2 aromatic heterocycles. The Labute approximate surface area is 184 Å². The van der Waals surface area contributed by atoms with Crippen LogP contribution in [0.3, 0.4) is 0 Å². The van der Waals surface area contributed by atoms with Gasteiger partial charge in [0, 0.05) is 17.6 Å². The van der Waals surface area contributed by atoms with E-state index < -0.39 is 0 Å². The van der Waals surface area contributed by atoms with Gasteiger partial charge < -0.3 is 9.73 Å². The van der Waals surface area contributed by atoms with Crippen LogP contribution in [0.5, 0.6) is 0 Å². The monoisotopic (exact) mass is 435 g/mol. The lowest BCUT2D eigenvalue weighted by atomic mass is 10.1. The Hall–Kier alpha value is -3.06. The zero-order chi connectivity index (χ0) is 22.0. The molecule has 31 heavy (non-hydrogen) atoms. The Morgan fingerprint density at radius 3 is 2.61 bits per heavy atom. The highest BCUT2D eigenvalue weighted by atomic mass is 32.2. The molecule has 0 aliphatic rings. The van der Waals surface area contributed by atoms with Gasteiger partial charge in [0.25, 0.3) is 5.56 Å². The van der Waals surface area contributed by atoms with Gasteiger partial charge in [0.15, 0.2) is 5.16 Å². The molecule has 2 aromatic carbocycles. The summed E-state index contributed by atoms with van der Waals surface area (Å²) in [4.78, 5) is 30.6. The quantitative estimate of drug-likeness (QED) is 0.315. The van der Waals surface area contributed by atoms with Crippen LogP contribution in [0.25, 0.3) is 22.1 Å². The van der Waals surface area contributed by atoms with E-state index in [2.05, 4.69) is 12.2 Å². The van der Waals surface area contributed by atoms with Crippen LogP contribution < -0.4 is 10.9 Å². The molecular weight excluding hydrogens is 410 g/mol. The van der Waals surface area contributed by atoms with E-state index in [0.29, 0.717) is 22.8 Å². The molecule has 0 fully saturated rings. The SMILES string of the molecule is CCCCn1c(SCC(=O)Nc2c(C)cccc2C)nc2c(oc3ccccc32)c1=O. The molecule has 0 bridgehead atoms. The Bertz CT molecular complexity index is 1300. The highest BCUT2D eigenvalue weighted by Crippen LogP contribution is 2.27. The second-order valence-corrected chi connectivity index (χ2v) is 8.53. The molecule has 0 saturated heterocycles. The van der Waals surface area contributed by atoms with E-state index in [1.54, 1.807) is 4.57 Å². The van der Waals surface area contributed by atoms with Crippen LogP contribution in [0.1, 0.15) is 30.9 Å². The summed E-state index contributed by atoms with van der Waals surface area (Å²) < 4.78 is 7.44. The van der Waals surface area contributed by atoms with Gasteiger partial charge in [-0.3, -0.25) is 14.2 Å². The Kier molecular flexibility index (Phi) is 6.13. The number of nitrogens with one attached hydrogen (secondary N) is 1. The molecule has 0 unspecified atom stereocenters. The van der Waals surface area contributed by atoms with E-state index in [0.717, 1.165) is 35.0 Å². The first kappa shape index (κ1) is 21.2. The third-order valence-electron chi connectivity index (χ3n) is 5.26. The number of nitrogens with zero attached hydrogens (tertiary/aromatic N) is 2. The number of anilines is 1. The molecule has 1 amide bonds. The number of aromatic nitrogens is 2. The predicted octanol–water partition coefficient (Wildman–Crippen LogP) is 5.29. The Morgan fingerprint density at radius 2 is 1.87 bits per heavy atom. The van der Waals surface area contributed by atoms with Crippen molar-refractivity contribution in [1.82, 2.24) is 9.55 Å². The number of furan rings is 1. The molecule has 0 atom stereocenters. The van der Waals surface area contributed by atoms with E-state index >= 15 is 0 Å². The molecule has 4 rings (SSSR count). The van der Waals surface area contributed by atoms with Crippen molar-refractivity contribution in [2.24, 2.45) is 0 Å². The summed E-state index contributed by atoms with van der Waals surface area (Å²) >= 11 is 1.28. The number of amides is 1. The lowest BCUT2D eigenvalue weighted by Gasteiger charge is -2.13. The average molecular weight is 436 g/mol. The second-order valence-electron chi connectivity index (χ2n) is 7.58. The molecule has 0 spiro atoms. The summed E-state index contributed by atoms with van der Waals surface area (Å²) in [5.74, 6) is 0.0315. The van der Waals surface area contributed by atoms with Gasteiger partial charge in [0.1, 0.15) is 11.1 Å². The largest absolute Gasteiger partial charge is 0.448 e. The standard InChI is InChI=1S/C24H25N3O3S/c1-4-5-13-27-23(29)22-21(17-11-6-7-12-18(17)30-22)26-24(27)31-14-19(28)25-20-15(2)9-8-10-16(20)3/h6-12H,4-5,13-14H2,1-3H3,(H,25,28). The van der Waals surface area contributed by atoms with Crippen LogP contribution in [-0.2, 0) is 11.3 Å². The number of unbranched alkanes of at least 4 members (excludes halogenated alkanes) is 1. The average Bonchev–Trinajstić information content (AvgIpc) is 3.13. The third-order valence-corrected chi connectivity index (χ3v) is 6.24. The first-order valence-corrected chi connectivity index (χ1v) is 11.4. The van der Waals surface area contributed by atoms with E-state index in [4.69, 9.17) is 9.40 Å². The summed E-state index contributed by atoms with van der Waals surface area (Å²) in [5, 5.41) is 4.34. The zero-order valence-electron chi connectivity index (χ0n) is 17.9. The number of carbonyl (C=O) groups is 1. The molecule has 1 N–H and O–H groups in total. The third kappa shape index (κ3) is 4.23. The molecular formula is C24H25N3O3S. The Morgan fingerprint density at radius 1 is 1.13 bits per heavy atom. The van der Waals surface area contributed by atoms with Gasteiger partial charge in [-0.2, -0.15) is 0 Å².